The highest BCUT2D eigenvalue weighted by Crippen LogP contribution is 2.46. The number of amides is 1. The summed E-state index contributed by atoms with van der Waals surface area (Å²) in [4.78, 5) is 27.1. The predicted octanol–water partition coefficient (Wildman–Crippen LogP) is 3.53. The molecule has 2 saturated heterocycles. The van der Waals surface area contributed by atoms with Gasteiger partial charge in [0.25, 0.3) is 11.8 Å². The standard InChI is InChI=1S/C17H17FN2O3S.C2HF3O2/c1-11-13(4-6-22-11)16(21)20-9-17(10-20)7-12(8-24-17)23-15-14(18)3-2-5-19-15;3-2(4,5)1(6)7/h2-6,12H,7-10H2,1H3;(H,6,7). The van der Waals surface area contributed by atoms with Crippen LogP contribution in [0.25, 0.3) is 0 Å². The summed E-state index contributed by atoms with van der Waals surface area (Å²) in [5.41, 5.74) is 0.621. The van der Waals surface area contributed by atoms with E-state index in [1.165, 1.54) is 18.5 Å². The molecule has 168 valence electrons. The van der Waals surface area contributed by atoms with E-state index in [2.05, 4.69) is 4.98 Å². The number of nitrogens with zero attached hydrogens (tertiary/aromatic N) is 2. The molecule has 31 heavy (non-hydrogen) atoms. The van der Waals surface area contributed by atoms with Gasteiger partial charge in [0.2, 0.25) is 0 Å². The minimum absolute atomic E-state index is 0.00705. The summed E-state index contributed by atoms with van der Waals surface area (Å²) < 4.78 is 56.3. The number of carbonyl (C=O) groups is 2. The van der Waals surface area contributed by atoms with Crippen molar-refractivity contribution in [2.24, 2.45) is 0 Å². The molecule has 12 heteroatoms. The van der Waals surface area contributed by atoms with E-state index < -0.39 is 18.0 Å². The lowest BCUT2D eigenvalue weighted by atomic mass is 9.92. The summed E-state index contributed by atoms with van der Waals surface area (Å²) in [6.45, 7) is 3.16. The van der Waals surface area contributed by atoms with E-state index in [1.54, 1.807) is 30.8 Å². The van der Waals surface area contributed by atoms with Gasteiger partial charge in [-0.25, -0.2) is 14.2 Å². The number of carboxylic acid groups (broad SMARTS) is 1. The Bertz CT molecular complexity index is 959. The summed E-state index contributed by atoms with van der Waals surface area (Å²) in [7, 11) is 0. The number of aliphatic carboxylic acids is 1. The van der Waals surface area contributed by atoms with Crippen LogP contribution in [0.4, 0.5) is 17.6 Å². The number of carboxylic acids is 1. The van der Waals surface area contributed by atoms with Crippen LogP contribution in [0.5, 0.6) is 5.88 Å². The van der Waals surface area contributed by atoms with Crippen LogP contribution in [0.2, 0.25) is 0 Å². The highest BCUT2D eigenvalue weighted by molar-refractivity contribution is 8.01. The molecule has 1 amide bonds. The van der Waals surface area contributed by atoms with Crippen LogP contribution >= 0.6 is 11.8 Å². The summed E-state index contributed by atoms with van der Waals surface area (Å²) in [5, 5.41) is 7.12. The van der Waals surface area contributed by atoms with Gasteiger partial charge < -0.3 is 19.2 Å². The van der Waals surface area contributed by atoms with Crippen LogP contribution in [0.1, 0.15) is 22.5 Å². The van der Waals surface area contributed by atoms with Crippen molar-refractivity contribution in [1.82, 2.24) is 9.88 Å². The summed E-state index contributed by atoms with van der Waals surface area (Å²) in [6.07, 6.45) is -1.31. The fourth-order valence-corrected chi connectivity index (χ4v) is 4.81. The van der Waals surface area contributed by atoms with Gasteiger partial charge in [-0.2, -0.15) is 13.2 Å². The van der Waals surface area contributed by atoms with Crippen LogP contribution in [0.15, 0.2) is 35.1 Å². The number of aryl methyl sites for hydroxylation is 1. The lowest BCUT2D eigenvalue weighted by Crippen LogP contribution is -2.60. The normalized spacial score (nSPS) is 19.4. The molecule has 4 rings (SSSR count). The Morgan fingerprint density at radius 1 is 1.35 bits per heavy atom. The quantitative estimate of drug-likeness (QED) is 0.698. The van der Waals surface area contributed by atoms with Crippen molar-refractivity contribution < 1.29 is 41.4 Å². The Morgan fingerprint density at radius 2 is 2.03 bits per heavy atom. The maximum atomic E-state index is 13.6. The SMILES string of the molecule is Cc1occc1C(=O)N1CC2(CC(Oc3ncccc3F)CS2)C1.O=C(O)C(F)(F)F. The number of hydrogen-bond acceptors (Lipinski definition) is 6. The summed E-state index contributed by atoms with van der Waals surface area (Å²) >= 11 is 1.79. The van der Waals surface area contributed by atoms with E-state index in [9.17, 15) is 22.4 Å². The zero-order valence-electron chi connectivity index (χ0n) is 16.2. The maximum Gasteiger partial charge on any atom is 0.490 e. The Kier molecular flexibility index (Phi) is 6.48. The van der Waals surface area contributed by atoms with Crippen molar-refractivity contribution in [3.05, 3.63) is 47.8 Å². The fraction of sp³-hybridized carbons (Fsp3) is 0.421. The molecule has 2 aliphatic heterocycles. The van der Waals surface area contributed by atoms with Gasteiger partial charge in [0.15, 0.2) is 5.82 Å². The maximum absolute atomic E-state index is 13.6. The van der Waals surface area contributed by atoms with Crippen LogP contribution in [-0.2, 0) is 4.79 Å². The van der Waals surface area contributed by atoms with E-state index in [0.717, 1.165) is 12.2 Å². The molecule has 2 aliphatic rings. The lowest BCUT2D eigenvalue weighted by Gasteiger charge is -2.47. The van der Waals surface area contributed by atoms with Gasteiger partial charge in [-0.1, -0.05) is 0 Å². The highest BCUT2D eigenvalue weighted by Gasteiger charge is 2.51. The first-order valence-electron chi connectivity index (χ1n) is 9.05. The molecule has 1 spiro atoms. The van der Waals surface area contributed by atoms with Gasteiger partial charge in [-0.15, -0.1) is 11.8 Å². The molecule has 4 heterocycles. The van der Waals surface area contributed by atoms with E-state index in [4.69, 9.17) is 19.1 Å². The van der Waals surface area contributed by atoms with Crippen molar-refractivity contribution in [2.75, 3.05) is 18.8 Å². The summed E-state index contributed by atoms with van der Waals surface area (Å²) in [5.74, 6) is -1.71. The number of aromatic nitrogens is 1. The molecular formula is C19H18F4N2O5S. The van der Waals surface area contributed by atoms with Gasteiger partial charge in [0.05, 0.1) is 16.6 Å². The van der Waals surface area contributed by atoms with Crippen molar-refractivity contribution in [2.45, 2.75) is 30.4 Å². The van der Waals surface area contributed by atoms with Crippen LogP contribution in [0, 0.1) is 12.7 Å². The number of thioether (sulfide) groups is 1. The second-order valence-corrected chi connectivity index (χ2v) is 8.57. The molecule has 1 atom stereocenters. The third-order valence-electron chi connectivity index (χ3n) is 4.76. The molecule has 0 radical (unpaired) electrons. The number of hydrogen-bond donors (Lipinski definition) is 1. The zero-order chi connectivity index (χ0) is 22.8. The topological polar surface area (TPSA) is 92.9 Å². The summed E-state index contributed by atoms with van der Waals surface area (Å²) in [6, 6.07) is 4.60. The third-order valence-corrected chi connectivity index (χ3v) is 6.33. The smallest absolute Gasteiger partial charge is 0.475 e. The van der Waals surface area contributed by atoms with Gasteiger partial charge in [0, 0.05) is 31.5 Å². The van der Waals surface area contributed by atoms with Gasteiger partial charge in [0.1, 0.15) is 11.9 Å². The number of pyridine rings is 1. The first-order chi connectivity index (χ1) is 14.5. The largest absolute Gasteiger partial charge is 0.490 e. The second-order valence-electron chi connectivity index (χ2n) is 7.08. The highest BCUT2D eigenvalue weighted by atomic mass is 32.2. The van der Waals surface area contributed by atoms with Crippen molar-refractivity contribution >= 4 is 23.6 Å². The number of ether oxygens (including phenoxy) is 1. The lowest BCUT2D eigenvalue weighted by molar-refractivity contribution is -0.192. The molecule has 0 aromatic carbocycles. The van der Waals surface area contributed by atoms with Gasteiger partial charge in [-0.3, -0.25) is 4.79 Å². The van der Waals surface area contributed by atoms with E-state index in [-0.39, 0.29) is 22.6 Å². The Hall–Kier alpha value is -2.76. The van der Waals surface area contributed by atoms with Gasteiger partial charge >= 0.3 is 12.1 Å². The molecule has 0 saturated carbocycles. The number of rotatable bonds is 3. The molecule has 7 nitrogen and oxygen atoms in total. The van der Waals surface area contributed by atoms with Crippen LogP contribution in [-0.4, -0.2) is 62.7 Å². The first-order valence-corrected chi connectivity index (χ1v) is 10.0. The molecule has 2 aromatic rings. The van der Waals surface area contributed by atoms with Gasteiger partial charge in [-0.05, 0) is 25.1 Å². The van der Waals surface area contributed by atoms with E-state index in [1.807, 2.05) is 4.90 Å². The first kappa shape index (κ1) is 22.9. The predicted molar refractivity (Wildman–Crippen MR) is 101 cm³/mol. The Labute approximate surface area is 178 Å². The van der Waals surface area contributed by atoms with Crippen molar-refractivity contribution in [3.8, 4) is 5.88 Å². The Balaban J connectivity index is 0.000000339. The van der Waals surface area contributed by atoms with E-state index >= 15 is 0 Å². The van der Waals surface area contributed by atoms with Crippen molar-refractivity contribution in [3.63, 3.8) is 0 Å². The van der Waals surface area contributed by atoms with Crippen LogP contribution in [0.3, 0.4) is 0 Å². The number of halogens is 4. The number of alkyl halides is 3. The van der Waals surface area contributed by atoms with E-state index in [0.29, 0.717) is 24.4 Å². The number of likely N-dealkylation sites (tertiary alicyclic amines) is 1. The number of furan rings is 1. The molecule has 2 aromatic heterocycles. The molecule has 2 fully saturated rings. The molecule has 1 unspecified atom stereocenters. The Morgan fingerprint density at radius 3 is 2.58 bits per heavy atom. The minimum atomic E-state index is -5.08. The molecule has 1 N–H and O–H groups in total. The number of carbonyl (C=O) groups excluding carboxylic acids is 1. The fourth-order valence-electron chi connectivity index (χ4n) is 3.28. The van der Waals surface area contributed by atoms with Crippen molar-refractivity contribution in [1.29, 1.82) is 0 Å². The average molecular weight is 462 g/mol. The minimum Gasteiger partial charge on any atom is -0.475 e. The zero-order valence-corrected chi connectivity index (χ0v) is 17.0. The molecular weight excluding hydrogens is 444 g/mol. The van der Waals surface area contributed by atoms with Crippen LogP contribution < -0.4 is 4.74 Å². The second kappa shape index (κ2) is 8.77. The monoisotopic (exact) mass is 462 g/mol. The molecule has 0 aliphatic carbocycles. The average Bonchev–Trinajstić information content (AvgIpc) is 3.28. The molecule has 0 bridgehead atoms. The third kappa shape index (κ3) is 5.30.